The summed E-state index contributed by atoms with van der Waals surface area (Å²) in [4.78, 5) is 6.50. The third-order valence-corrected chi connectivity index (χ3v) is 3.92. The fraction of sp³-hybridized carbons (Fsp3) is 0.462. The second kappa shape index (κ2) is 5.57. The van der Waals surface area contributed by atoms with Crippen LogP contribution < -0.4 is 5.73 Å². The van der Waals surface area contributed by atoms with Crippen molar-refractivity contribution >= 4 is 40.2 Å². The number of halogens is 2. The van der Waals surface area contributed by atoms with E-state index in [-0.39, 0.29) is 6.04 Å². The van der Waals surface area contributed by atoms with Crippen molar-refractivity contribution in [2.24, 2.45) is 0 Å². The molecule has 4 nitrogen and oxygen atoms in total. The van der Waals surface area contributed by atoms with Crippen molar-refractivity contribution in [3.63, 3.8) is 0 Å². The number of aromatic nitrogens is 2. The average molecular weight is 301 g/mol. The van der Waals surface area contributed by atoms with Gasteiger partial charge in [0.15, 0.2) is 0 Å². The first-order chi connectivity index (χ1) is 8.90. The van der Waals surface area contributed by atoms with Gasteiger partial charge in [-0.05, 0) is 46.1 Å². The van der Waals surface area contributed by atoms with Gasteiger partial charge in [-0.3, -0.25) is 0 Å². The lowest BCUT2D eigenvalue weighted by Gasteiger charge is -2.18. The monoisotopic (exact) mass is 300 g/mol. The van der Waals surface area contributed by atoms with Crippen LogP contribution in [0.25, 0.3) is 11.0 Å². The fourth-order valence-corrected chi connectivity index (χ4v) is 2.46. The molecule has 0 aliphatic carbocycles. The number of anilines is 1. The molecule has 0 spiro atoms. The normalized spacial score (nSPS) is 13.4. The van der Waals surface area contributed by atoms with Gasteiger partial charge in [-0.15, -0.1) is 0 Å². The van der Waals surface area contributed by atoms with Gasteiger partial charge in [0.1, 0.15) is 0 Å². The molecule has 1 heterocycles. The predicted octanol–water partition coefficient (Wildman–Crippen LogP) is 3.44. The number of imidazole rings is 1. The molecule has 2 N–H and O–H groups in total. The smallest absolute Gasteiger partial charge is 0.201 e. The van der Waals surface area contributed by atoms with Crippen LogP contribution in [0.1, 0.15) is 19.4 Å². The van der Waals surface area contributed by atoms with Crippen molar-refractivity contribution in [3.05, 3.63) is 22.2 Å². The molecule has 19 heavy (non-hydrogen) atoms. The highest BCUT2D eigenvalue weighted by atomic mass is 35.5. The van der Waals surface area contributed by atoms with Crippen molar-refractivity contribution < 1.29 is 0 Å². The Bertz CT molecular complexity index is 592. The van der Waals surface area contributed by atoms with E-state index >= 15 is 0 Å². The van der Waals surface area contributed by atoms with E-state index in [0.29, 0.717) is 16.0 Å². The van der Waals surface area contributed by atoms with E-state index in [4.69, 9.17) is 28.9 Å². The third kappa shape index (κ3) is 2.96. The summed E-state index contributed by atoms with van der Waals surface area (Å²) in [6.45, 7) is 3.12. The van der Waals surface area contributed by atoms with E-state index in [1.807, 2.05) is 10.6 Å². The lowest BCUT2D eigenvalue weighted by Crippen LogP contribution is -2.18. The van der Waals surface area contributed by atoms with E-state index in [1.165, 1.54) is 0 Å². The standard InChI is InChI=1S/C13H18Cl2N4/c1-8(4-5-18(2)3)19-12-7-10(15)9(14)6-11(12)17-13(19)16/h6-8H,4-5H2,1-3H3,(H2,16,17). The zero-order valence-corrected chi connectivity index (χ0v) is 12.8. The molecule has 1 aromatic carbocycles. The predicted molar refractivity (Wildman–Crippen MR) is 82.0 cm³/mol. The molecule has 1 unspecified atom stereocenters. The lowest BCUT2D eigenvalue weighted by atomic mass is 10.2. The molecule has 2 aromatic rings. The van der Waals surface area contributed by atoms with Gasteiger partial charge in [0.05, 0.1) is 21.1 Å². The zero-order valence-electron chi connectivity index (χ0n) is 11.3. The Morgan fingerprint density at radius 3 is 2.58 bits per heavy atom. The van der Waals surface area contributed by atoms with E-state index in [1.54, 1.807) is 6.07 Å². The molecule has 0 saturated heterocycles. The molecule has 6 heteroatoms. The maximum Gasteiger partial charge on any atom is 0.201 e. The second-order valence-electron chi connectivity index (χ2n) is 5.04. The van der Waals surface area contributed by atoms with E-state index in [9.17, 15) is 0 Å². The Kier molecular flexibility index (Phi) is 4.23. The number of nitrogens with two attached hydrogens (primary N) is 1. The summed E-state index contributed by atoms with van der Waals surface area (Å²) in [5.41, 5.74) is 7.72. The molecule has 2 rings (SSSR count). The van der Waals surface area contributed by atoms with Gasteiger partial charge < -0.3 is 15.2 Å². The minimum Gasteiger partial charge on any atom is -0.369 e. The Labute approximate surface area is 123 Å². The number of nitrogen functional groups attached to an aromatic ring is 1. The molecular formula is C13H18Cl2N4. The molecule has 0 amide bonds. The number of fused-ring (bicyclic) bond motifs is 1. The Morgan fingerprint density at radius 1 is 1.32 bits per heavy atom. The van der Waals surface area contributed by atoms with Crippen LogP contribution in [-0.2, 0) is 0 Å². The highest BCUT2D eigenvalue weighted by Crippen LogP contribution is 2.31. The van der Waals surface area contributed by atoms with Crippen LogP contribution in [0.15, 0.2) is 12.1 Å². The number of benzene rings is 1. The summed E-state index contributed by atoms with van der Waals surface area (Å²) >= 11 is 12.1. The molecule has 0 bridgehead atoms. The van der Waals surface area contributed by atoms with E-state index in [0.717, 1.165) is 24.0 Å². The molecule has 0 saturated carbocycles. The van der Waals surface area contributed by atoms with Crippen LogP contribution in [0.5, 0.6) is 0 Å². The van der Waals surface area contributed by atoms with E-state index in [2.05, 4.69) is 30.9 Å². The number of hydrogen-bond donors (Lipinski definition) is 1. The van der Waals surface area contributed by atoms with Crippen molar-refractivity contribution in [1.82, 2.24) is 14.5 Å². The largest absolute Gasteiger partial charge is 0.369 e. The van der Waals surface area contributed by atoms with Gasteiger partial charge in [0, 0.05) is 6.04 Å². The topological polar surface area (TPSA) is 47.1 Å². The second-order valence-corrected chi connectivity index (χ2v) is 5.85. The Balaban J connectivity index is 2.42. The lowest BCUT2D eigenvalue weighted by molar-refractivity contribution is 0.362. The number of rotatable bonds is 4. The minimum atomic E-state index is 0.254. The van der Waals surface area contributed by atoms with E-state index < -0.39 is 0 Å². The zero-order chi connectivity index (χ0) is 14.2. The molecular weight excluding hydrogens is 283 g/mol. The third-order valence-electron chi connectivity index (χ3n) is 3.19. The SMILES string of the molecule is CC(CCN(C)C)n1c(N)nc2cc(Cl)c(Cl)cc21. The van der Waals surface area contributed by atoms with Crippen LogP contribution in [0, 0.1) is 0 Å². The van der Waals surface area contributed by atoms with Gasteiger partial charge in [-0.2, -0.15) is 0 Å². The van der Waals surface area contributed by atoms with Crippen LogP contribution >= 0.6 is 23.2 Å². The quantitative estimate of drug-likeness (QED) is 0.941. The number of nitrogens with zero attached hydrogens (tertiary/aromatic N) is 3. The summed E-state index contributed by atoms with van der Waals surface area (Å²) in [5, 5.41) is 1.02. The molecule has 0 fully saturated rings. The van der Waals surface area contributed by atoms with Crippen molar-refractivity contribution in [3.8, 4) is 0 Å². The highest BCUT2D eigenvalue weighted by Gasteiger charge is 2.15. The summed E-state index contributed by atoms with van der Waals surface area (Å²) in [7, 11) is 4.11. The average Bonchev–Trinajstić information content (AvgIpc) is 2.62. The van der Waals surface area contributed by atoms with Gasteiger partial charge in [-0.1, -0.05) is 23.2 Å². The molecule has 0 radical (unpaired) electrons. The van der Waals surface area contributed by atoms with Gasteiger partial charge in [0.25, 0.3) is 0 Å². The Hall–Kier alpha value is -0.970. The molecule has 0 aliphatic rings. The first kappa shape index (κ1) is 14.4. The first-order valence-corrected chi connectivity index (χ1v) is 6.93. The summed E-state index contributed by atoms with van der Waals surface area (Å²) in [6, 6.07) is 3.84. The van der Waals surface area contributed by atoms with Crippen LogP contribution in [0.4, 0.5) is 5.95 Å². The first-order valence-electron chi connectivity index (χ1n) is 6.17. The summed E-state index contributed by atoms with van der Waals surface area (Å²) in [6.07, 6.45) is 0.989. The van der Waals surface area contributed by atoms with Gasteiger partial charge >= 0.3 is 0 Å². The molecule has 0 aliphatic heterocycles. The highest BCUT2D eigenvalue weighted by molar-refractivity contribution is 6.42. The van der Waals surface area contributed by atoms with Crippen LogP contribution in [0.2, 0.25) is 10.0 Å². The van der Waals surface area contributed by atoms with Gasteiger partial charge in [-0.25, -0.2) is 4.98 Å². The van der Waals surface area contributed by atoms with Crippen LogP contribution in [-0.4, -0.2) is 35.1 Å². The molecule has 104 valence electrons. The Morgan fingerprint density at radius 2 is 1.95 bits per heavy atom. The van der Waals surface area contributed by atoms with Crippen molar-refractivity contribution in [1.29, 1.82) is 0 Å². The van der Waals surface area contributed by atoms with Crippen LogP contribution in [0.3, 0.4) is 0 Å². The van der Waals surface area contributed by atoms with Crippen molar-refractivity contribution in [2.45, 2.75) is 19.4 Å². The van der Waals surface area contributed by atoms with Gasteiger partial charge in [0.2, 0.25) is 5.95 Å². The summed E-state index contributed by atoms with van der Waals surface area (Å²) < 4.78 is 2.01. The maximum absolute atomic E-state index is 6.08. The minimum absolute atomic E-state index is 0.254. The van der Waals surface area contributed by atoms with Crippen molar-refractivity contribution in [2.75, 3.05) is 26.4 Å². The fourth-order valence-electron chi connectivity index (χ4n) is 2.15. The number of hydrogen-bond acceptors (Lipinski definition) is 3. The molecule has 1 atom stereocenters. The summed E-state index contributed by atoms with van der Waals surface area (Å²) in [5.74, 6) is 0.500. The maximum atomic E-state index is 6.08. The molecule has 1 aromatic heterocycles.